The van der Waals surface area contributed by atoms with Gasteiger partial charge in [0.2, 0.25) is 0 Å². The number of nitrogens with two attached hydrogens (primary N) is 2. The minimum atomic E-state index is -1.11. The van der Waals surface area contributed by atoms with E-state index in [2.05, 4.69) is 9.98 Å². The summed E-state index contributed by atoms with van der Waals surface area (Å²) in [5, 5.41) is 19.1. The monoisotopic (exact) mass is 584 g/mol. The van der Waals surface area contributed by atoms with Gasteiger partial charge in [-0.1, -0.05) is 0 Å². The number of rotatable bonds is 14. The van der Waals surface area contributed by atoms with E-state index in [0.717, 1.165) is 6.42 Å². The van der Waals surface area contributed by atoms with Crippen molar-refractivity contribution in [1.29, 1.82) is 0 Å². The molecule has 0 atom stereocenters. The fourth-order valence-electron chi connectivity index (χ4n) is 3.42. The minimum Gasteiger partial charge on any atom is -0.493 e. The molecule has 0 saturated carbocycles. The molecule has 12 heteroatoms. The van der Waals surface area contributed by atoms with E-state index >= 15 is 0 Å². The van der Waals surface area contributed by atoms with Crippen LogP contribution in [-0.4, -0.2) is 59.1 Å². The summed E-state index contributed by atoms with van der Waals surface area (Å²) in [7, 11) is 0. The van der Waals surface area contributed by atoms with Gasteiger partial charge in [0.15, 0.2) is 0 Å². The van der Waals surface area contributed by atoms with Gasteiger partial charge in [0.05, 0.1) is 13.2 Å². The summed E-state index contributed by atoms with van der Waals surface area (Å²) < 4.78 is 11.4. The number of carboxylic acids is 2. The average molecular weight is 586 g/mol. The van der Waals surface area contributed by atoms with E-state index in [9.17, 15) is 19.8 Å². The zero-order chi connectivity index (χ0) is 27.5. The van der Waals surface area contributed by atoms with Crippen molar-refractivity contribution in [2.45, 2.75) is 59.0 Å². The summed E-state index contributed by atoms with van der Waals surface area (Å²) in [6.45, 7) is 8.17. The lowest BCUT2D eigenvalue weighted by Gasteiger charge is -2.12. The van der Waals surface area contributed by atoms with Crippen LogP contribution in [0.2, 0.25) is 0 Å². The topological polar surface area (TPSA) is 170 Å². The number of ether oxygens (including phenoxy) is 2. The Morgan fingerprint density at radius 3 is 1.38 bits per heavy atom. The zero-order valence-electron chi connectivity index (χ0n) is 22.5. The molecule has 6 N–H and O–H groups in total. The van der Waals surface area contributed by atoms with E-state index < -0.39 is 11.9 Å². The number of halogens is 2. The summed E-state index contributed by atoms with van der Waals surface area (Å²) in [6, 6.07) is 9.44. The molecule has 0 radical (unpaired) electrons. The predicted octanol–water partition coefficient (Wildman–Crippen LogP) is 4.78. The average Bonchev–Trinajstić information content (AvgIpc) is 2.82. The second kappa shape index (κ2) is 17.2. The Hall–Kier alpha value is -3.50. The predicted molar refractivity (Wildman–Crippen MR) is 158 cm³/mol. The third-order valence-electron chi connectivity index (χ3n) is 5.11. The Kier molecular flexibility index (Phi) is 15.6. The Morgan fingerprint density at radius 2 is 1.08 bits per heavy atom. The number of hydrogen-bond acceptors (Lipinski definition) is 6. The summed E-state index contributed by atoms with van der Waals surface area (Å²) in [6.07, 6.45) is 2.06. The quantitative estimate of drug-likeness (QED) is 0.139. The van der Waals surface area contributed by atoms with Crippen LogP contribution in [0.5, 0.6) is 11.5 Å². The van der Waals surface area contributed by atoms with Crippen molar-refractivity contribution in [3.8, 4) is 11.5 Å². The molecule has 0 bridgehead atoms. The number of aromatic carboxylic acids is 2. The highest BCUT2D eigenvalue weighted by Gasteiger charge is 2.15. The van der Waals surface area contributed by atoms with E-state index in [-0.39, 0.29) is 71.2 Å². The van der Waals surface area contributed by atoms with E-state index in [1.165, 1.54) is 12.1 Å². The number of hydrogen-bond donors (Lipinski definition) is 4. The van der Waals surface area contributed by atoms with Gasteiger partial charge >= 0.3 is 11.9 Å². The van der Waals surface area contributed by atoms with Gasteiger partial charge in [0, 0.05) is 23.2 Å². The minimum absolute atomic E-state index is 0. The normalized spacial score (nSPS) is 11.5. The van der Waals surface area contributed by atoms with E-state index in [1.54, 1.807) is 24.3 Å². The van der Waals surface area contributed by atoms with Crippen molar-refractivity contribution in [2.75, 3.05) is 13.2 Å². The number of carbonyl (C=O) groups is 2. The first kappa shape index (κ1) is 35.5. The highest BCUT2D eigenvalue weighted by atomic mass is 35.5. The number of aliphatic imine (C=N–C) groups is 2. The Morgan fingerprint density at radius 1 is 0.718 bits per heavy atom. The van der Waals surface area contributed by atoms with Crippen LogP contribution in [0, 0.1) is 0 Å². The van der Waals surface area contributed by atoms with Crippen LogP contribution < -0.4 is 20.9 Å². The smallest absolute Gasteiger partial charge is 0.339 e. The molecular weight excluding hydrogens is 547 g/mol. The van der Waals surface area contributed by atoms with Crippen molar-refractivity contribution < 1.29 is 29.3 Å². The van der Waals surface area contributed by atoms with Crippen LogP contribution in [0.4, 0.5) is 0 Å². The number of benzene rings is 2. The van der Waals surface area contributed by atoms with Gasteiger partial charge in [-0.15, -0.1) is 24.8 Å². The van der Waals surface area contributed by atoms with Gasteiger partial charge in [-0.2, -0.15) is 0 Å². The number of unbranched alkanes of at least 4 members (excludes halogenated alkanes) is 2. The molecule has 216 valence electrons. The van der Waals surface area contributed by atoms with Crippen LogP contribution in [0.25, 0.3) is 0 Å². The van der Waals surface area contributed by atoms with Gasteiger partial charge in [-0.25, -0.2) is 9.59 Å². The fourth-order valence-corrected chi connectivity index (χ4v) is 3.42. The van der Waals surface area contributed by atoms with Crippen molar-refractivity contribution in [1.82, 2.24) is 0 Å². The molecule has 0 unspecified atom stereocenters. The van der Waals surface area contributed by atoms with Gasteiger partial charge in [-0.05, 0) is 83.4 Å². The van der Waals surface area contributed by atoms with Crippen LogP contribution in [-0.2, 0) is 0 Å². The molecule has 0 spiro atoms. The first-order chi connectivity index (χ1) is 17.5. The molecule has 0 aliphatic rings. The lowest BCUT2D eigenvalue weighted by molar-refractivity contribution is 0.0681. The standard InChI is InChI=1S/C27H36N4O6.2ClH/c1-16(2)30-24(28)18-8-10-22(20(14-18)26(32)33)36-12-6-5-7-13-37-23-11-9-19(15-21(23)27(34)35)25(29)31-17(3)4;;/h8-11,14-17H,5-7,12-13H2,1-4H3,(H2,28,30)(H2,29,31)(H,32,33)(H,34,35);2*1H. The second-order valence-electron chi connectivity index (χ2n) is 9.01. The molecule has 0 heterocycles. The van der Waals surface area contributed by atoms with Crippen molar-refractivity contribution in [3.63, 3.8) is 0 Å². The molecule has 0 fully saturated rings. The van der Waals surface area contributed by atoms with Gasteiger partial charge in [0.25, 0.3) is 0 Å². The maximum absolute atomic E-state index is 11.7. The van der Waals surface area contributed by atoms with Crippen molar-refractivity contribution in [3.05, 3.63) is 58.7 Å². The molecule has 0 aliphatic carbocycles. The fraction of sp³-hybridized carbons (Fsp3) is 0.407. The first-order valence-corrected chi connectivity index (χ1v) is 12.2. The van der Waals surface area contributed by atoms with Gasteiger partial charge in [0.1, 0.15) is 34.3 Å². The third kappa shape index (κ3) is 11.4. The molecule has 2 aromatic rings. The van der Waals surface area contributed by atoms with Crippen LogP contribution in [0.1, 0.15) is 78.8 Å². The Bertz CT molecular complexity index is 1080. The number of carboxylic acid groups (broad SMARTS) is 2. The summed E-state index contributed by atoms with van der Waals surface area (Å²) in [5.74, 6) is -1.15. The highest BCUT2D eigenvalue weighted by molar-refractivity contribution is 6.01. The molecule has 0 aliphatic heterocycles. The molecule has 39 heavy (non-hydrogen) atoms. The van der Waals surface area contributed by atoms with Gasteiger partial charge < -0.3 is 31.2 Å². The molecular formula is C27H38Cl2N4O6. The molecule has 0 amide bonds. The van der Waals surface area contributed by atoms with Crippen molar-refractivity contribution >= 4 is 48.4 Å². The van der Waals surface area contributed by atoms with Crippen LogP contribution in [0.15, 0.2) is 46.4 Å². The second-order valence-corrected chi connectivity index (χ2v) is 9.01. The molecule has 2 aromatic carbocycles. The van der Waals surface area contributed by atoms with Crippen molar-refractivity contribution in [2.24, 2.45) is 21.5 Å². The zero-order valence-corrected chi connectivity index (χ0v) is 24.2. The summed E-state index contributed by atoms with van der Waals surface area (Å²) in [4.78, 5) is 31.8. The van der Waals surface area contributed by atoms with E-state index in [0.29, 0.717) is 37.2 Å². The largest absolute Gasteiger partial charge is 0.493 e. The first-order valence-electron chi connectivity index (χ1n) is 12.2. The Balaban J connectivity index is 0.00000722. The lowest BCUT2D eigenvalue weighted by atomic mass is 10.1. The molecule has 0 aromatic heterocycles. The van der Waals surface area contributed by atoms with E-state index in [1.807, 2.05) is 27.7 Å². The molecule has 2 rings (SSSR count). The van der Waals surface area contributed by atoms with Gasteiger partial charge in [-0.3, -0.25) is 9.98 Å². The molecule has 10 nitrogen and oxygen atoms in total. The maximum Gasteiger partial charge on any atom is 0.339 e. The highest BCUT2D eigenvalue weighted by Crippen LogP contribution is 2.22. The third-order valence-corrected chi connectivity index (χ3v) is 5.11. The van der Waals surface area contributed by atoms with Crippen LogP contribution >= 0.6 is 24.8 Å². The number of nitrogens with zero attached hydrogens (tertiary/aromatic N) is 2. The summed E-state index contributed by atoms with van der Waals surface area (Å²) in [5.41, 5.74) is 13.0. The van der Waals surface area contributed by atoms with E-state index in [4.69, 9.17) is 20.9 Å². The summed E-state index contributed by atoms with van der Waals surface area (Å²) >= 11 is 0. The SMILES string of the molecule is CC(C)N=C(N)c1ccc(OCCCCCOc2ccc(C(N)=NC(C)C)cc2C(=O)O)c(C(=O)O)c1.Cl.Cl. The Labute approximate surface area is 241 Å². The molecule has 0 saturated heterocycles. The lowest BCUT2D eigenvalue weighted by Crippen LogP contribution is -2.17. The number of amidine groups is 2. The van der Waals surface area contributed by atoms with Crippen LogP contribution in [0.3, 0.4) is 0 Å². The maximum atomic E-state index is 11.7.